The number of carbonyl (C=O) groups is 2. The van der Waals surface area contributed by atoms with Crippen molar-refractivity contribution in [1.29, 1.82) is 0 Å². The molecule has 0 bridgehead atoms. The van der Waals surface area contributed by atoms with Crippen LogP contribution in [0.15, 0.2) is 48.7 Å². The molecular formula is C23H30N4O3. The first-order valence-corrected chi connectivity index (χ1v) is 10.4. The summed E-state index contributed by atoms with van der Waals surface area (Å²) in [5, 5.41) is 2.94. The third-order valence-corrected chi connectivity index (χ3v) is 5.36. The van der Waals surface area contributed by atoms with Crippen LogP contribution in [0.4, 0.5) is 5.82 Å². The molecule has 1 N–H and O–H groups in total. The smallest absolute Gasteiger partial charge is 0.245 e. The average molecular weight is 411 g/mol. The summed E-state index contributed by atoms with van der Waals surface area (Å²) in [5.41, 5.74) is 0.802. The summed E-state index contributed by atoms with van der Waals surface area (Å²) in [5.74, 6) is 1.38. The molecule has 1 saturated heterocycles. The predicted octanol–water partition coefficient (Wildman–Crippen LogP) is 2.12. The fourth-order valence-corrected chi connectivity index (χ4v) is 3.65. The first kappa shape index (κ1) is 21.6. The highest BCUT2D eigenvalue weighted by atomic mass is 16.5. The Kier molecular flexibility index (Phi) is 7.27. The van der Waals surface area contributed by atoms with Crippen LogP contribution in [0.25, 0.3) is 0 Å². The summed E-state index contributed by atoms with van der Waals surface area (Å²) in [6.45, 7) is 6.58. The lowest BCUT2D eigenvalue weighted by Crippen LogP contribution is -2.56. The van der Waals surface area contributed by atoms with Crippen LogP contribution in [0, 0.1) is 5.92 Å². The van der Waals surface area contributed by atoms with E-state index in [9.17, 15) is 9.59 Å². The molecule has 7 nitrogen and oxygen atoms in total. The fourth-order valence-electron chi connectivity index (χ4n) is 3.65. The molecular weight excluding hydrogens is 380 g/mol. The molecule has 0 radical (unpaired) electrons. The van der Waals surface area contributed by atoms with Gasteiger partial charge in [-0.25, -0.2) is 4.98 Å². The number of methoxy groups -OCH3 is 1. The van der Waals surface area contributed by atoms with Crippen molar-refractivity contribution in [3.63, 3.8) is 0 Å². The average Bonchev–Trinajstić information content (AvgIpc) is 2.78. The molecule has 1 aromatic heterocycles. The summed E-state index contributed by atoms with van der Waals surface area (Å²) in [7, 11) is 1.59. The monoisotopic (exact) mass is 410 g/mol. The Balaban J connectivity index is 1.59. The number of nitrogens with one attached hydrogen (secondary N) is 1. The maximum atomic E-state index is 13.1. The number of hydrogen-bond donors (Lipinski definition) is 1. The van der Waals surface area contributed by atoms with Crippen molar-refractivity contribution in [2.24, 2.45) is 5.92 Å². The van der Waals surface area contributed by atoms with Gasteiger partial charge in [0.15, 0.2) is 0 Å². The number of piperazine rings is 1. The third-order valence-electron chi connectivity index (χ3n) is 5.36. The van der Waals surface area contributed by atoms with Crippen LogP contribution in [0.5, 0.6) is 5.75 Å². The Hall–Kier alpha value is -3.09. The number of hydrogen-bond acceptors (Lipinski definition) is 5. The van der Waals surface area contributed by atoms with Gasteiger partial charge in [0.2, 0.25) is 11.8 Å². The number of rotatable bonds is 7. The van der Waals surface area contributed by atoms with Gasteiger partial charge in [-0.15, -0.1) is 0 Å². The Morgan fingerprint density at radius 1 is 1.07 bits per heavy atom. The SMILES string of the molecule is COc1ccccc1CC(=O)N[C@H](C(=O)N1CCN(c2ccccn2)CC1)C(C)C. The first-order chi connectivity index (χ1) is 14.5. The van der Waals surface area contributed by atoms with Crippen LogP contribution in [0.1, 0.15) is 19.4 Å². The zero-order valence-corrected chi connectivity index (χ0v) is 17.9. The third kappa shape index (κ3) is 5.28. The van der Waals surface area contributed by atoms with Crippen molar-refractivity contribution in [2.75, 3.05) is 38.2 Å². The number of nitrogens with zero attached hydrogens (tertiary/aromatic N) is 3. The van der Waals surface area contributed by atoms with Gasteiger partial charge in [0.1, 0.15) is 17.6 Å². The quantitative estimate of drug-likeness (QED) is 0.757. The molecule has 1 fully saturated rings. The lowest BCUT2D eigenvalue weighted by atomic mass is 10.0. The normalized spacial score (nSPS) is 15.1. The van der Waals surface area contributed by atoms with Crippen LogP contribution in [-0.4, -0.2) is 61.0 Å². The molecule has 7 heteroatoms. The highest BCUT2D eigenvalue weighted by Gasteiger charge is 2.31. The van der Waals surface area contributed by atoms with E-state index in [0.29, 0.717) is 18.8 Å². The lowest BCUT2D eigenvalue weighted by molar-refractivity contribution is -0.137. The largest absolute Gasteiger partial charge is 0.496 e. The van der Waals surface area contributed by atoms with Crippen LogP contribution in [0.2, 0.25) is 0 Å². The van der Waals surface area contributed by atoms with E-state index in [1.165, 1.54) is 0 Å². The van der Waals surface area contributed by atoms with Crippen LogP contribution in [-0.2, 0) is 16.0 Å². The van der Waals surface area contributed by atoms with E-state index in [-0.39, 0.29) is 24.2 Å². The highest BCUT2D eigenvalue weighted by Crippen LogP contribution is 2.18. The van der Waals surface area contributed by atoms with Crippen molar-refractivity contribution >= 4 is 17.6 Å². The maximum absolute atomic E-state index is 13.1. The standard InChI is InChI=1S/C23H30N4O3/c1-17(2)22(25-21(28)16-18-8-4-5-9-19(18)30-3)23(29)27-14-12-26(13-15-27)20-10-6-7-11-24-20/h4-11,17,22H,12-16H2,1-3H3,(H,25,28)/t22-/m0/s1. The molecule has 0 aliphatic carbocycles. The molecule has 1 atom stereocenters. The molecule has 2 aromatic rings. The van der Waals surface area contributed by atoms with Crippen molar-refractivity contribution in [3.05, 3.63) is 54.2 Å². The van der Waals surface area contributed by atoms with Gasteiger partial charge in [0, 0.05) is 37.9 Å². The molecule has 0 spiro atoms. The molecule has 0 unspecified atom stereocenters. The molecule has 0 saturated carbocycles. The number of pyridine rings is 1. The Bertz CT molecular complexity index is 849. The van der Waals surface area contributed by atoms with Gasteiger partial charge >= 0.3 is 0 Å². The molecule has 3 rings (SSSR count). The summed E-state index contributed by atoms with van der Waals surface area (Å²) in [6, 6.07) is 12.7. The number of ether oxygens (including phenoxy) is 1. The van der Waals surface area contributed by atoms with Gasteiger partial charge in [-0.05, 0) is 24.1 Å². The molecule has 1 aliphatic heterocycles. The Morgan fingerprint density at radius 2 is 1.77 bits per heavy atom. The molecule has 1 aliphatic rings. The minimum atomic E-state index is -0.548. The zero-order chi connectivity index (χ0) is 21.5. The maximum Gasteiger partial charge on any atom is 0.245 e. The van der Waals surface area contributed by atoms with Crippen LogP contribution >= 0.6 is 0 Å². The van der Waals surface area contributed by atoms with Gasteiger partial charge in [-0.3, -0.25) is 9.59 Å². The van der Waals surface area contributed by atoms with E-state index < -0.39 is 6.04 Å². The van der Waals surface area contributed by atoms with E-state index in [0.717, 1.165) is 24.5 Å². The van der Waals surface area contributed by atoms with E-state index >= 15 is 0 Å². The van der Waals surface area contributed by atoms with Crippen LogP contribution in [0.3, 0.4) is 0 Å². The van der Waals surface area contributed by atoms with Crippen molar-refractivity contribution in [2.45, 2.75) is 26.3 Å². The summed E-state index contributed by atoms with van der Waals surface area (Å²) >= 11 is 0. The summed E-state index contributed by atoms with van der Waals surface area (Å²) < 4.78 is 5.32. The van der Waals surface area contributed by atoms with E-state index in [1.54, 1.807) is 13.3 Å². The zero-order valence-electron chi connectivity index (χ0n) is 17.9. The second kappa shape index (κ2) is 10.1. The second-order valence-corrected chi connectivity index (χ2v) is 7.78. The van der Waals surface area contributed by atoms with E-state index in [2.05, 4.69) is 15.2 Å². The number of benzene rings is 1. The van der Waals surface area contributed by atoms with Gasteiger partial charge in [-0.2, -0.15) is 0 Å². The summed E-state index contributed by atoms with van der Waals surface area (Å²) in [4.78, 5) is 34.2. The molecule has 160 valence electrons. The fraction of sp³-hybridized carbons (Fsp3) is 0.435. The minimum absolute atomic E-state index is 0.00654. The van der Waals surface area contributed by atoms with Gasteiger partial charge in [0.25, 0.3) is 0 Å². The molecule has 30 heavy (non-hydrogen) atoms. The lowest BCUT2D eigenvalue weighted by Gasteiger charge is -2.37. The number of para-hydroxylation sites is 1. The number of aromatic nitrogens is 1. The Labute approximate surface area is 178 Å². The second-order valence-electron chi connectivity index (χ2n) is 7.78. The van der Waals surface area contributed by atoms with Gasteiger partial charge in [-0.1, -0.05) is 38.1 Å². The van der Waals surface area contributed by atoms with Gasteiger partial charge in [0.05, 0.1) is 13.5 Å². The molecule has 1 aromatic carbocycles. The number of carbonyl (C=O) groups excluding carboxylic acids is 2. The first-order valence-electron chi connectivity index (χ1n) is 10.4. The van der Waals surface area contributed by atoms with E-state index in [1.807, 2.05) is 61.2 Å². The molecule has 2 amide bonds. The summed E-state index contributed by atoms with van der Waals surface area (Å²) in [6.07, 6.45) is 1.95. The topological polar surface area (TPSA) is 74.8 Å². The molecule has 2 heterocycles. The predicted molar refractivity (Wildman–Crippen MR) is 116 cm³/mol. The highest BCUT2D eigenvalue weighted by molar-refractivity contribution is 5.89. The Morgan fingerprint density at radius 3 is 2.40 bits per heavy atom. The number of amides is 2. The van der Waals surface area contributed by atoms with E-state index in [4.69, 9.17) is 4.74 Å². The van der Waals surface area contributed by atoms with Gasteiger partial charge < -0.3 is 19.9 Å². The van der Waals surface area contributed by atoms with Crippen LogP contribution < -0.4 is 15.0 Å². The minimum Gasteiger partial charge on any atom is -0.496 e. The van der Waals surface area contributed by atoms with Crippen molar-refractivity contribution < 1.29 is 14.3 Å². The number of anilines is 1. The van der Waals surface area contributed by atoms with Crippen molar-refractivity contribution in [1.82, 2.24) is 15.2 Å². The van der Waals surface area contributed by atoms with Crippen molar-refractivity contribution in [3.8, 4) is 5.75 Å².